The lowest BCUT2D eigenvalue weighted by Crippen LogP contribution is -2.43. The summed E-state index contributed by atoms with van der Waals surface area (Å²) in [4.78, 5) is 12.2. The predicted octanol–water partition coefficient (Wildman–Crippen LogP) is 5.94. The Bertz CT molecular complexity index is 1380. The first-order valence-electron chi connectivity index (χ1n) is 11.7. The number of aryl methyl sites for hydroxylation is 2. The van der Waals surface area contributed by atoms with E-state index >= 15 is 0 Å². The standard InChI is InChI=1S/C28H29N5S/c1-19-4-8-25(20(2)14-19)31-28-22(16-29)17-30-26-15-21(5-7-24(26)28)27-9-6-23(34-27)18-33-12-10-32(3)11-13-33/h4-9,14-15,17H,10-13,18H2,1-3H3,(H,30,31). The fourth-order valence-electron chi connectivity index (χ4n) is 4.50. The zero-order chi connectivity index (χ0) is 23.7. The van der Waals surface area contributed by atoms with Gasteiger partial charge in [0, 0.05) is 59.7 Å². The lowest BCUT2D eigenvalue weighted by Gasteiger charge is -2.31. The fourth-order valence-corrected chi connectivity index (χ4v) is 5.55. The smallest absolute Gasteiger partial charge is 0.103 e. The van der Waals surface area contributed by atoms with Gasteiger partial charge in [-0.15, -0.1) is 11.3 Å². The number of hydrogen-bond donors (Lipinski definition) is 1. The maximum atomic E-state index is 9.72. The van der Waals surface area contributed by atoms with Gasteiger partial charge < -0.3 is 10.2 Å². The molecule has 1 aliphatic rings. The third-order valence-electron chi connectivity index (χ3n) is 6.55. The van der Waals surface area contributed by atoms with Gasteiger partial charge in [0.15, 0.2) is 0 Å². The molecule has 3 heterocycles. The second-order valence-electron chi connectivity index (χ2n) is 9.18. The van der Waals surface area contributed by atoms with Gasteiger partial charge in [0.1, 0.15) is 6.07 Å². The Kier molecular flexibility index (Phi) is 6.34. The van der Waals surface area contributed by atoms with Gasteiger partial charge in [-0.05, 0) is 56.3 Å². The molecule has 2 aromatic carbocycles. The number of thiophene rings is 1. The van der Waals surface area contributed by atoms with Gasteiger partial charge >= 0.3 is 0 Å². The zero-order valence-electron chi connectivity index (χ0n) is 19.9. The molecule has 0 unspecified atom stereocenters. The van der Waals surface area contributed by atoms with Crippen LogP contribution in [0.15, 0.2) is 54.7 Å². The highest BCUT2D eigenvalue weighted by Crippen LogP contribution is 2.35. The van der Waals surface area contributed by atoms with Crippen LogP contribution in [0.4, 0.5) is 11.4 Å². The van der Waals surface area contributed by atoms with Crippen LogP contribution in [0.1, 0.15) is 21.6 Å². The second-order valence-corrected chi connectivity index (χ2v) is 10.3. The SMILES string of the molecule is Cc1ccc(Nc2c(C#N)cnc3cc(-c4ccc(CN5CCN(C)CC5)s4)ccc23)c(C)c1. The van der Waals surface area contributed by atoms with E-state index in [-0.39, 0.29) is 0 Å². The molecule has 0 amide bonds. The molecule has 172 valence electrons. The van der Waals surface area contributed by atoms with Crippen molar-refractivity contribution in [2.75, 3.05) is 38.5 Å². The van der Waals surface area contributed by atoms with Crippen LogP contribution in [0.3, 0.4) is 0 Å². The maximum absolute atomic E-state index is 9.72. The minimum atomic E-state index is 0.547. The molecule has 1 N–H and O–H groups in total. The van der Waals surface area contributed by atoms with E-state index in [1.807, 2.05) is 11.3 Å². The Morgan fingerprint density at radius 2 is 1.85 bits per heavy atom. The van der Waals surface area contributed by atoms with E-state index in [1.54, 1.807) is 6.20 Å². The summed E-state index contributed by atoms with van der Waals surface area (Å²) in [5.41, 5.74) is 6.78. The summed E-state index contributed by atoms with van der Waals surface area (Å²) in [6.07, 6.45) is 1.67. The number of piperazine rings is 1. The number of hydrogen-bond acceptors (Lipinski definition) is 6. The van der Waals surface area contributed by atoms with Crippen molar-refractivity contribution < 1.29 is 0 Å². The third-order valence-corrected chi connectivity index (χ3v) is 7.67. The molecule has 0 spiro atoms. The van der Waals surface area contributed by atoms with E-state index in [0.717, 1.165) is 66.1 Å². The molecule has 0 bridgehead atoms. The fraction of sp³-hybridized carbons (Fsp3) is 0.286. The summed E-state index contributed by atoms with van der Waals surface area (Å²) < 4.78 is 0. The molecule has 0 aliphatic carbocycles. The number of aromatic nitrogens is 1. The van der Waals surface area contributed by atoms with E-state index in [2.05, 4.69) is 95.6 Å². The first kappa shape index (κ1) is 22.5. The highest BCUT2D eigenvalue weighted by Gasteiger charge is 2.16. The van der Waals surface area contributed by atoms with Crippen LogP contribution in [0.5, 0.6) is 0 Å². The Balaban J connectivity index is 1.43. The van der Waals surface area contributed by atoms with Crippen molar-refractivity contribution in [3.05, 3.63) is 76.3 Å². The van der Waals surface area contributed by atoms with E-state index in [1.165, 1.54) is 15.3 Å². The topological polar surface area (TPSA) is 55.2 Å². The van der Waals surface area contributed by atoms with Crippen LogP contribution >= 0.6 is 11.3 Å². The van der Waals surface area contributed by atoms with Crippen molar-refractivity contribution in [2.24, 2.45) is 0 Å². The minimum Gasteiger partial charge on any atom is -0.354 e. The molecule has 6 heteroatoms. The van der Waals surface area contributed by atoms with E-state index < -0.39 is 0 Å². The lowest BCUT2D eigenvalue weighted by atomic mass is 10.0. The van der Waals surface area contributed by atoms with Crippen molar-refractivity contribution >= 4 is 33.6 Å². The summed E-state index contributed by atoms with van der Waals surface area (Å²) in [5.74, 6) is 0. The number of anilines is 2. The van der Waals surface area contributed by atoms with Gasteiger partial charge in [0.25, 0.3) is 0 Å². The molecule has 1 fully saturated rings. The van der Waals surface area contributed by atoms with Crippen LogP contribution in [0.2, 0.25) is 0 Å². The average Bonchev–Trinajstić information content (AvgIpc) is 3.30. The van der Waals surface area contributed by atoms with Crippen LogP contribution < -0.4 is 5.32 Å². The number of likely N-dealkylation sites (N-methyl/N-ethyl adjacent to an activating group) is 1. The molecule has 1 aliphatic heterocycles. The number of pyridine rings is 1. The van der Waals surface area contributed by atoms with Gasteiger partial charge in [0.05, 0.1) is 16.8 Å². The van der Waals surface area contributed by atoms with Gasteiger partial charge in [-0.3, -0.25) is 9.88 Å². The Labute approximate surface area is 205 Å². The lowest BCUT2D eigenvalue weighted by molar-refractivity contribution is 0.149. The Hall–Kier alpha value is -3.24. The average molecular weight is 468 g/mol. The monoisotopic (exact) mass is 467 g/mol. The second kappa shape index (κ2) is 9.55. The minimum absolute atomic E-state index is 0.547. The van der Waals surface area contributed by atoms with Gasteiger partial charge in [0.2, 0.25) is 0 Å². The summed E-state index contributed by atoms with van der Waals surface area (Å²) in [6, 6.07) is 19.4. The molecule has 1 saturated heterocycles. The van der Waals surface area contributed by atoms with Crippen molar-refractivity contribution in [1.82, 2.24) is 14.8 Å². The molecule has 0 saturated carbocycles. The number of rotatable bonds is 5. The van der Waals surface area contributed by atoms with Crippen LogP contribution in [-0.4, -0.2) is 48.0 Å². The highest BCUT2D eigenvalue weighted by molar-refractivity contribution is 7.15. The summed E-state index contributed by atoms with van der Waals surface area (Å²) in [7, 11) is 2.19. The van der Waals surface area contributed by atoms with Gasteiger partial charge in [-0.2, -0.15) is 5.26 Å². The number of fused-ring (bicyclic) bond motifs is 1. The molecule has 5 nitrogen and oxygen atoms in total. The molecule has 5 rings (SSSR count). The quantitative estimate of drug-likeness (QED) is 0.393. The van der Waals surface area contributed by atoms with E-state index in [9.17, 15) is 5.26 Å². The van der Waals surface area contributed by atoms with Crippen molar-refractivity contribution in [1.29, 1.82) is 5.26 Å². The number of nitrogens with zero attached hydrogens (tertiary/aromatic N) is 4. The normalized spacial score (nSPS) is 14.9. The Morgan fingerprint density at radius 3 is 2.62 bits per heavy atom. The van der Waals surface area contributed by atoms with Crippen LogP contribution in [0.25, 0.3) is 21.3 Å². The van der Waals surface area contributed by atoms with Gasteiger partial charge in [-0.25, -0.2) is 0 Å². The maximum Gasteiger partial charge on any atom is 0.103 e. The van der Waals surface area contributed by atoms with E-state index in [4.69, 9.17) is 0 Å². The number of nitriles is 1. The largest absolute Gasteiger partial charge is 0.354 e. The summed E-state index contributed by atoms with van der Waals surface area (Å²) in [5, 5.41) is 14.2. The molecule has 0 atom stereocenters. The molecule has 0 radical (unpaired) electrons. The molecular formula is C28H29N5S. The Morgan fingerprint density at radius 1 is 1.03 bits per heavy atom. The highest BCUT2D eigenvalue weighted by atomic mass is 32.1. The van der Waals surface area contributed by atoms with Crippen molar-refractivity contribution in [3.63, 3.8) is 0 Å². The number of benzene rings is 2. The van der Waals surface area contributed by atoms with Crippen molar-refractivity contribution in [3.8, 4) is 16.5 Å². The first-order valence-corrected chi connectivity index (χ1v) is 12.5. The van der Waals surface area contributed by atoms with Gasteiger partial charge in [-0.1, -0.05) is 29.8 Å². The molecule has 34 heavy (non-hydrogen) atoms. The third kappa shape index (κ3) is 4.69. The van der Waals surface area contributed by atoms with Crippen LogP contribution in [-0.2, 0) is 6.54 Å². The molecule has 4 aromatic rings. The molecular weight excluding hydrogens is 438 g/mol. The zero-order valence-corrected chi connectivity index (χ0v) is 20.7. The van der Waals surface area contributed by atoms with E-state index in [0.29, 0.717) is 5.56 Å². The summed E-state index contributed by atoms with van der Waals surface area (Å²) in [6.45, 7) is 9.71. The van der Waals surface area contributed by atoms with Crippen LogP contribution in [0, 0.1) is 25.2 Å². The van der Waals surface area contributed by atoms with Crippen molar-refractivity contribution in [2.45, 2.75) is 20.4 Å². The summed E-state index contributed by atoms with van der Waals surface area (Å²) >= 11 is 1.86. The predicted molar refractivity (Wildman–Crippen MR) is 142 cm³/mol. The molecule has 2 aromatic heterocycles. The first-order chi connectivity index (χ1) is 16.5. The number of nitrogens with one attached hydrogen (secondary N) is 1.